The van der Waals surface area contributed by atoms with Gasteiger partial charge in [0.1, 0.15) is 5.60 Å². The summed E-state index contributed by atoms with van der Waals surface area (Å²) in [5.74, 6) is -0.510. The van der Waals surface area contributed by atoms with E-state index in [0.717, 1.165) is 29.4 Å². The van der Waals surface area contributed by atoms with Gasteiger partial charge in [0.25, 0.3) is 0 Å². The average molecular weight is 556 g/mol. The van der Waals surface area contributed by atoms with Crippen LogP contribution in [0.15, 0.2) is 77.8 Å². The molecule has 1 amide bonds. The maximum absolute atomic E-state index is 12.8. The van der Waals surface area contributed by atoms with E-state index in [0.29, 0.717) is 41.1 Å². The lowest BCUT2D eigenvalue weighted by atomic mass is 10.00. The van der Waals surface area contributed by atoms with Crippen molar-refractivity contribution in [2.75, 3.05) is 13.7 Å². The van der Waals surface area contributed by atoms with E-state index >= 15 is 0 Å². The number of benzene rings is 3. The van der Waals surface area contributed by atoms with Gasteiger partial charge < -0.3 is 24.5 Å². The van der Waals surface area contributed by atoms with Crippen LogP contribution in [0.2, 0.25) is 0 Å². The van der Waals surface area contributed by atoms with Crippen molar-refractivity contribution in [3.63, 3.8) is 0 Å². The van der Waals surface area contributed by atoms with Gasteiger partial charge in [-0.2, -0.15) is 0 Å². The van der Waals surface area contributed by atoms with Crippen molar-refractivity contribution in [3.05, 3.63) is 95.1 Å². The van der Waals surface area contributed by atoms with Gasteiger partial charge in [-0.3, -0.25) is 0 Å². The molecule has 3 aromatic carbocycles. The first kappa shape index (κ1) is 29.4. The van der Waals surface area contributed by atoms with Gasteiger partial charge in [-0.15, -0.1) is 0 Å². The highest BCUT2D eigenvalue weighted by atomic mass is 16.6. The van der Waals surface area contributed by atoms with Crippen LogP contribution in [0.1, 0.15) is 67.6 Å². The Balaban J connectivity index is 1.69. The molecule has 8 heteroatoms. The fourth-order valence-corrected chi connectivity index (χ4v) is 4.46. The van der Waals surface area contributed by atoms with Gasteiger partial charge in [0.05, 0.1) is 29.6 Å². The van der Waals surface area contributed by atoms with Crippen LogP contribution >= 0.6 is 0 Å². The minimum Gasteiger partial charge on any atom is -0.494 e. The highest BCUT2D eigenvalue weighted by Gasteiger charge is 2.23. The molecule has 0 saturated heterocycles. The summed E-state index contributed by atoms with van der Waals surface area (Å²) in [6, 6.07) is 22.4. The number of fused-ring (bicyclic) bond motifs is 1. The highest BCUT2D eigenvalue weighted by molar-refractivity contribution is 6.22. The minimum absolute atomic E-state index is 0.0508. The first-order valence-electron chi connectivity index (χ1n) is 13.7. The second kappa shape index (κ2) is 12.7. The summed E-state index contributed by atoms with van der Waals surface area (Å²) >= 11 is 0. The summed E-state index contributed by atoms with van der Waals surface area (Å²) in [7, 11) is 1.33. The Morgan fingerprint density at radius 2 is 1.68 bits per heavy atom. The second-order valence-corrected chi connectivity index (χ2v) is 10.8. The normalized spacial score (nSPS) is 11.9. The van der Waals surface area contributed by atoms with Crippen LogP contribution in [0.3, 0.4) is 0 Å². The van der Waals surface area contributed by atoms with Crippen molar-refractivity contribution in [2.24, 2.45) is 4.99 Å². The van der Waals surface area contributed by atoms with E-state index in [2.05, 4.69) is 11.9 Å². The molecule has 0 aliphatic rings. The zero-order valence-electron chi connectivity index (χ0n) is 24.2. The van der Waals surface area contributed by atoms with Crippen molar-refractivity contribution >= 4 is 34.4 Å². The number of esters is 1. The molecule has 0 aliphatic heterocycles. The van der Waals surface area contributed by atoms with E-state index in [9.17, 15) is 14.7 Å². The van der Waals surface area contributed by atoms with Crippen molar-refractivity contribution in [1.82, 2.24) is 9.88 Å². The van der Waals surface area contributed by atoms with E-state index in [4.69, 9.17) is 14.5 Å². The molecular weight excluding hydrogens is 518 g/mol. The molecule has 4 aromatic rings. The molecule has 8 nitrogen and oxygen atoms in total. The lowest BCUT2D eigenvalue weighted by molar-refractivity contribution is 0.0231. The van der Waals surface area contributed by atoms with Crippen LogP contribution in [0.25, 0.3) is 10.9 Å². The fraction of sp³-hybridized carbons (Fsp3) is 0.303. The van der Waals surface area contributed by atoms with Gasteiger partial charge in [0.15, 0.2) is 5.88 Å². The van der Waals surface area contributed by atoms with Gasteiger partial charge >= 0.3 is 12.1 Å². The topological polar surface area (TPSA) is 104 Å². The third-order valence-electron chi connectivity index (χ3n) is 6.47. The number of unbranched alkanes of at least 4 members (excludes halogenated alkanes) is 1. The zero-order valence-corrected chi connectivity index (χ0v) is 24.2. The number of aromatic nitrogens is 1. The monoisotopic (exact) mass is 555 g/mol. The molecule has 214 valence electrons. The van der Waals surface area contributed by atoms with Crippen LogP contribution < -0.4 is 0 Å². The lowest BCUT2D eigenvalue weighted by Gasteiger charge is -2.27. The van der Waals surface area contributed by atoms with E-state index in [1.54, 1.807) is 23.1 Å². The number of rotatable bonds is 9. The van der Waals surface area contributed by atoms with Crippen molar-refractivity contribution < 1.29 is 24.2 Å². The molecule has 0 unspecified atom stereocenters. The molecule has 0 radical (unpaired) electrons. The number of H-pyrrole nitrogens is 1. The van der Waals surface area contributed by atoms with Gasteiger partial charge in [-0.05, 0) is 57.0 Å². The predicted molar refractivity (Wildman–Crippen MR) is 161 cm³/mol. The molecule has 1 heterocycles. The Kier molecular flexibility index (Phi) is 9.12. The molecule has 2 N–H and O–H groups in total. The number of hydrogen-bond acceptors (Lipinski definition) is 6. The summed E-state index contributed by atoms with van der Waals surface area (Å²) in [4.78, 5) is 34.5. The summed E-state index contributed by atoms with van der Waals surface area (Å²) in [6.07, 6.45) is 1.53. The lowest BCUT2D eigenvalue weighted by Crippen LogP contribution is -2.37. The third kappa shape index (κ3) is 7.33. The Bertz CT molecular complexity index is 1530. The van der Waals surface area contributed by atoms with Crippen molar-refractivity contribution in [1.29, 1.82) is 0 Å². The Morgan fingerprint density at radius 3 is 2.32 bits per heavy atom. The number of carbonyl (C=O) groups is 2. The number of methoxy groups -OCH3 is 1. The molecule has 4 rings (SSSR count). The number of aromatic amines is 1. The van der Waals surface area contributed by atoms with E-state index in [1.165, 1.54) is 7.11 Å². The third-order valence-corrected chi connectivity index (χ3v) is 6.47. The first-order valence-corrected chi connectivity index (χ1v) is 13.7. The average Bonchev–Trinajstić information content (AvgIpc) is 3.28. The Morgan fingerprint density at radius 1 is 0.976 bits per heavy atom. The number of ether oxygens (including phenoxy) is 2. The summed E-state index contributed by atoms with van der Waals surface area (Å²) in [6.45, 7) is 8.72. The van der Waals surface area contributed by atoms with Gasteiger partial charge in [-0.25, -0.2) is 14.6 Å². The largest absolute Gasteiger partial charge is 0.494 e. The molecule has 1 aromatic heterocycles. The quantitative estimate of drug-likeness (QED) is 0.166. The number of aliphatic imine (C=N–C) groups is 1. The summed E-state index contributed by atoms with van der Waals surface area (Å²) in [5.41, 5.74) is 3.97. The molecule has 41 heavy (non-hydrogen) atoms. The van der Waals surface area contributed by atoms with Crippen LogP contribution in [0.5, 0.6) is 5.88 Å². The number of amides is 1. The minimum atomic E-state index is -0.567. The maximum atomic E-state index is 12.8. The van der Waals surface area contributed by atoms with Gasteiger partial charge in [0.2, 0.25) is 0 Å². The highest BCUT2D eigenvalue weighted by Crippen LogP contribution is 2.32. The number of hydrogen-bond donors (Lipinski definition) is 2. The van der Waals surface area contributed by atoms with E-state index < -0.39 is 11.6 Å². The molecule has 0 atom stereocenters. The number of aromatic hydroxyl groups is 1. The van der Waals surface area contributed by atoms with Gasteiger partial charge in [0, 0.05) is 29.6 Å². The van der Waals surface area contributed by atoms with E-state index in [1.807, 2.05) is 75.4 Å². The van der Waals surface area contributed by atoms with Crippen LogP contribution in [0.4, 0.5) is 10.5 Å². The van der Waals surface area contributed by atoms with Crippen molar-refractivity contribution in [3.8, 4) is 5.88 Å². The smallest absolute Gasteiger partial charge is 0.410 e. The fourth-order valence-electron chi connectivity index (χ4n) is 4.46. The van der Waals surface area contributed by atoms with Crippen LogP contribution in [-0.4, -0.2) is 52.0 Å². The molecule has 0 spiro atoms. The van der Waals surface area contributed by atoms with Gasteiger partial charge in [-0.1, -0.05) is 61.9 Å². The van der Waals surface area contributed by atoms with Crippen molar-refractivity contribution in [2.45, 2.75) is 52.7 Å². The predicted octanol–water partition coefficient (Wildman–Crippen LogP) is 7.37. The number of nitrogens with zero attached hydrogens (tertiary/aromatic N) is 2. The zero-order chi connectivity index (χ0) is 29.6. The standard InChI is InChI=1S/C33H37N3O5/c1-6-7-19-36(32(39)41-33(2,3)4)21-22-13-16-25(17-14-22)34-29(23-11-9-8-10-12-23)28-26-18-15-24(31(38)40-5)20-27(26)35-30(28)37/h8-18,20,35,37H,6-7,19,21H2,1-5H3. The molecule has 0 aliphatic carbocycles. The SMILES string of the molecule is CCCCN(Cc1ccc(N=C(c2ccccc2)c2c(O)[nH]c3cc(C(=O)OC)ccc23)cc1)C(=O)OC(C)(C)C. The Hall–Kier alpha value is -4.59. The molecular formula is C33H37N3O5. The Labute approximate surface area is 240 Å². The first-order chi connectivity index (χ1) is 19.6. The summed E-state index contributed by atoms with van der Waals surface area (Å²) < 4.78 is 10.5. The molecule has 0 saturated carbocycles. The maximum Gasteiger partial charge on any atom is 0.410 e. The number of carbonyl (C=O) groups excluding carboxylic acids is 2. The van der Waals surface area contributed by atoms with E-state index in [-0.39, 0.29) is 12.0 Å². The van der Waals surface area contributed by atoms with Crippen LogP contribution in [-0.2, 0) is 16.0 Å². The second-order valence-electron chi connectivity index (χ2n) is 10.8. The molecule has 0 fully saturated rings. The summed E-state index contributed by atoms with van der Waals surface area (Å²) in [5, 5.41) is 11.7. The number of nitrogens with one attached hydrogen (secondary N) is 1. The van der Waals surface area contributed by atoms with Crippen LogP contribution in [0, 0.1) is 0 Å². The molecule has 0 bridgehead atoms.